The summed E-state index contributed by atoms with van der Waals surface area (Å²) in [5, 5.41) is 16.0. The quantitative estimate of drug-likeness (QED) is 0.732. The number of carbonyl (C=O) groups excluding carboxylic acids is 2. The SMILES string of the molecule is CCOC(=O)CCC(=O)NCC(O)c1ccsc1. The van der Waals surface area contributed by atoms with Gasteiger partial charge in [0.1, 0.15) is 0 Å². The van der Waals surface area contributed by atoms with Gasteiger partial charge in [0.2, 0.25) is 5.91 Å². The van der Waals surface area contributed by atoms with Crippen LogP contribution >= 0.6 is 11.3 Å². The minimum Gasteiger partial charge on any atom is -0.466 e. The van der Waals surface area contributed by atoms with E-state index in [2.05, 4.69) is 5.32 Å². The lowest BCUT2D eigenvalue weighted by Crippen LogP contribution is -2.28. The van der Waals surface area contributed by atoms with Crippen molar-refractivity contribution in [1.29, 1.82) is 0 Å². The summed E-state index contributed by atoms with van der Waals surface area (Å²) in [6.45, 7) is 2.19. The number of carbonyl (C=O) groups is 2. The van der Waals surface area contributed by atoms with Gasteiger partial charge in [-0.25, -0.2) is 0 Å². The van der Waals surface area contributed by atoms with Gasteiger partial charge in [0.15, 0.2) is 0 Å². The Morgan fingerprint density at radius 2 is 2.28 bits per heavy atom. The van der Waals surface area contributed by atoms with E-state index in [1.807, 2.05) is 10.8 Å². The van der Waals surface area contributed by atoms with Gasteiger partial charge in [-0.05, 0) is 29.3 Å². The van der Waals surface area contributed by atoms with Crippen LogP contribution in [0.5, 0.6) is 0 Å². The van der Waals surface area contributed by atoms with Crippen molar-refractivity contribution in [2.75, 3.05) is 13.2 Å². The molecule has 0 aliphatic heterocycles. The van der Waals surface area contributed by atoms with Crippen molar-refractivity contribution in [3.8, 4) is 0 Å². The topological polar surface area (TPSA) is 75.6 Å². The van der Waals surface area contributed by atoms with E-state index in [4.69, 9.17) is 4.74 Å². The van der Waals surface area contributed by atoms with Crippen molar-refractivity contribution in [3.63, 3.8) is 0 Å². The van der Waals surface area contributed by atoms with Crippen LogP contribution in [-0.4, -0.2) is 30.1 Å². The van der Waals surface area contributed by atoms with E-state index in [1.54, 1.807) is 13.0 Å². The number of rotatable bonds is 7. The molecule has 1 heterocycles. The molecule has 1 aromatic rings. The zero-order chi connectivity index (χ0) is 13.4. The first kappa shape index (κ1) is 14.7. The summed E-state index contributed by atoms with van der Waals surface area (Å²) >= 11 is 1.49. The Labute approximate surface area is 110 Å². The highest BCUT2D eigenvalue weighted by molar-refractivity contribution is 7.07. The Hall–Kier alpha value is -1.40. The normalized spacial score (nSPS) is 11.9. The lowest BCUT2D eigenvalue weighted by molar-refractivity contribution is -0.144. The summed E-state index contributed by atoms with van der Waals surface area (Å²) in [6, 6.07) is 1.81. The van der Waals surface area contributed by atoms with Gasteiger partial charge >= 0.3 is 5.97 Å². The molecule has 0 radical (unpaired) electrons. The molecule has 1 amide bonds. The second kappa shape index (κ2) is 7.84. The summed E-state index contributed by atoms with van der Waals surface area (Å²) in [5.74, 6) is -0.650. The maximum atomic E-state index is 11.4. The Bertz CT molecular complexity index is 377. The van der Waals surface area contributed by atoms with Gasteiger partial charge in [-0.2, -0.15) is 11.3 Å². The van der Waals surface area contributed by atoms with Crippen LogP contribution < -0.4 is 5.32 Å². The van der Waals surface area contributed by atoms with Crippen LogP contribution in [0.1, 0.15) is 31.4 Å². The highest BCUT2D eigenvalue weighted by Gasteiger charge is 2.11. The van der Waals surface area contributed by atoms with Gasteiger partial charge in [0.25, 0.3) is 0 Å². The predicted octanol–water partition coefficient (Wildman–Crippen LogP) is 1.24. The van der Waals surface area contributed by atoms with Crippen molar-refractivity contribution in [2.45, 2.75) is 25.9 Å². The van der Waals surface area contributed by atoms with E-state index in [-0.39, 0.29) is 31.3 Å². The Kier molecular flexibility index (Phi) is 6.38. The summed E-state index contributed by atoms with van der Waals surface area (Å²) in [4.78, 5) is 22.4. The molecule has 0 aromatic carbocycles. The first-order valence-corrected chi connectivity index (χ1v) is 6.70. The smallest absolute Gasteiger partial charge is 0.306 e. The molecule has 0 saturated heterocycles. The third-order valence-electron chi connectivity index (χ3n) is 2.28. The van der Waals surface area contributed by atoms with E-state index in [0.29, 0.717) is 6.61 Å². The fourth-order valence-corrected chi connectivity index (χ4v) is 2.04. The summed E-state index contributed by atoms with van der Waals surface area (Å²) in [5.41, 5.74) is 0.783. The zero-order valence-corrected chi connectivity index (χ0v) is 11.0. The molecule has 100 valence electrons. The largest absolute Gasteiger partial charge is 0.466 e. The van der Waals surface area contributed by atoms with Crippen molar-refractivity contribution >= 4 is 23.2 Å². The molecule has 18 heavy (non-hydrogen) atoms. The van der Waals surface area contributed by atoms with Gasteiger partial charge in [-0.15, -0.1) is 0 Å². The van der Waals surface area contributed by atoms with Gasteiger partial charge in [0.05, 0.1) is 19.1 Å². The van der Waals surface area contributed by atoms with Crippen molar-refractivity contribution in [1.82, 2.24) is 5.32 Å². The van der Waals surface area contributed by atoms with E-state index in [1.165, 1.54) is 11.3 Å². The number of thiophene rings is 1. The maximum Gasteiger partial charge on any atom is 0.306 e. The standard InChI is InChI=1S/C12H17NO4S/c1-2-17-12(16)4-3-11(15)13-7-10(14)9-5-6-18-8-9/h5-6,8,10,14H,2-4,7H2,1H3,(H,13,15). The molecule has 0 fully saturated rings. The molecule has 1 atom stereocenters. The van der Waals surface area contributed by atoms with E-state index >= 15 is 0 Å². The first-order chi connectivity index (χ1) is 8.63. The number of esters is 1. The molecular formula is C12H17NO4S. The molecule has 0 bridgehead atoms. The molecule has 1 unspecified atom stereocenters. The number of nitrogens with one attached hydrogen (secondary N) is 1. The molecule has 1 aromatic heterocycles. The minimum atomic E-state index is -0.706. The summed E-state index contributed by atoms with van der Waals surface area (Å²) in [6.07, 6.45) is -0.563. The highest BCUT2D eigenvalue weighted by Crippen LogP contribution is 2.14. The predicted molar refractivity (Wildman–Crippen MR) is 68.2 cm³/mol. The van der Waals surface area contributed by atoms with E-state index < -0.39 is 6.10 Å². The van der Waals surface area contributed by atoms with Crippen LogP contribution in [0.3, 0.4) is 0 Å². The average molecular weight is 271 g/mol. The van der Waals surface area contributed by atoms with Crippen LogP contribution in [0.4, 0.5) is 0 Å². The first-order valence-electron chi connectivity index (χ1n) is 5.76. The van der Waals surface area contributed by atoms with Crippen molar-refractivity contribution < 1.29 is 19.4 Å². The average Bonchev–Trinajstić information content (AvgIpc) is 2.87. The number of aliphatic hydroxyl groups is 1. The van der Waals surface area contributed by atoms with Crippen LogP contribution in [0.25, 0.3) is 0 Å². The molecule has 5 nitrogen and oxygen atoms in total. The van der Waals surface area contributed by atoms with Gasteiger partial charge in [0, 0.05) is 13.0 Å². The third kappa shape index (κ3) is 5.29. The van der Waals surface area contributed by atoms with Crippen LogP contribution in [0.15, 0.2) is 16.8 Å². The molecule has 0 spiro atoms. The molecule has 0 aliphatic carbocycles. The minimum absolute atomic E-state index is 0.0637. The highest BCUT2D eigenvalue weighted by atomic mass is 32.1. The molecule has 6 heteroatoms. The Balaban J connectivity index is 2.19. The van der Waals surface area contributed by atoms with Gasteiger partial charge in [-0.1, -0.05) is 0 Å². The summed E-state index contributed by atoms with van der Waals surface area (Å²) in [7, 11) is 0. The number of hydrogen-bond acceptors (Lipinski definition) is 5. The third-order valence-corrected chi connectivity index (χ3v) is 2.98. The van der Waals surface area contributed by atoms with Crippen molar-refractivity contribution in [2.24, 2.45) is 0 Å². The van der Waals surface area contributed by atoms with E-state index in [0.717, 1.165) is 5.56 Å². The summed E-state index contributed by atoms with van der Waals surface area (Å²) < 4.78 is 4.71. The second-order valence-corrected chi connectivity index (χ2v) is 4.46. The molecular weight excluding hydrogens is 254 g/mol. The van der Waals surface area contributed by atoms with Gasteiger partial charge in [-0.3, -0.25) is 9.59 Å². The molecule has 2 N–H and O–H groups in total. The van der Waals surface area contributed by atoms with E-state index in [9.17, 15) is 14.7 Å². The van der Waals surface area contributed by atoms with Crippen molar-refractivity contribution in [3.05, 3.63) is 22.4 Å². The molecule has 0 saturated carbocycles. The number of hydrogen-bond donors (Lipinski definition) is 2. The number of aliphatic hydroxyl groups excluding tert-OH is 1. The van der Waals surface area contributed by atoms with Crippen LogP contribution in [0.2, 0.25) is 0 Å². The molecule has 1 rings (SSSR count). The Morgan fingerprint density at radius 1 is 1.50 bits per heavy atom. The fourth-order valence-electron chi connectivity index (χ4n) is 1.33. The number of ether oxygens (including phenoxy) is 1. The Morgan fingerprint density at radius 3 is 2.89 bits per heavy atom. The number of amides is 1. The van der Waals surface area contributed by atoms with Crippen LogP contribution in [-0.2, 0) is 14.3 Å². The fraction of sp³-hybridized carbons (Fsp3) is 0.500. The monoisotopic (exact) mass is 271 g/mol. The lowest BCUT2D eigenvalue weighted by atomic mass is 10.2. The second-order valence-electron chi connectivity index (χ2n) is 3.68. The molecule has 0 aliphatic rings. The van der Waals surface area contributed by atoms with Crippen LogP contribution in [0, 0.1) is 0 Å². The van der Waals surface area contributed by atoms with Gasteiger partial charge < -0.3 is 15.2 Å². The lowest BCUT2D eigenvalue weighted by Gasteiger charge is -2.10. The maximum absolute atomic E-state index is 11.4. The zero-order valence-electron chi connectivity index (χ0n) is 10.2.